The van der Waals surface area contributed by atoms with Crippen LogP contribution >= 0.6 is 22.6 Å². The molecule has 0 unspecified atom stereocenters. The van der Waals surface area contributed by atoms with Crippen molar-refractivity contribution in [3.05, 3.63) is 69.3 Å². The van der Waals surface area contributed by atoms with E-state index in [2.05, 4.69) is 27.9 Å². The molecule has 0 aromatic heterocycles. The first-order valence-electron chi connectivity index (χ1n) is 5.95. The van der Waals surface area contributed by atoms with Gasteiger partial charge in [0.15, 0.2) is 0 Å². The lowest BCUT2D eigenvalue weighted by molar-refractivity contribution is -0.112. The van der Waals surface area contributed by atoms with Gasteiger partial charge >= 0.3 is 0 Å². The van der Waals surface area contributed by atoms with Gasteiger partial charge in [-0.15, -0.1) is 0 Å². The summed E-state index contributed by atoms with van der Waals surface area (Å²) >= 11 is 2.23. The number of carbonyl (C=O) groups excluding carboxylic acids is 1. The lowest BCUT2D eigenvalue weighted by Gasteiger charge is -2.05. The Labute approximate surface area is 126 Å². The molecule has 1 amide bonds. The molecular formula is C16H14INO. The van der Waals surface area contributed by atoms with Crippen molar-refractivity contribution >= 4 is 40.3 Å². The third kappa shape index (κ3) is 4.21. The van der Waals surface area contributed by atoms with Crippen LogP contribution in [0.3, 0.4) is 0 Å². The number of hydrogen-bond acceptors (Lipinski definition) is 1. The van der Waals surface area contributed by atoms with E-state index in [1.165, 1.54) is 0 Å². The topological polar surface area (TPSA) is 29.1 Å². The Hall–Kier alpha value is -1.62. The maximum atomic E-state index is 12.0. The quantitative estimate of drug-likeness (QED) is 0.638. The highest BCUT2D eigenvalue weighted by Crippen LogP contribution is 2.13. The molecule has 2 rings (SSSR count). The SMILES string of the molecule is C/C(=C\c1ccccc1)C(=O)Nc1ccc(I)cc1. The first-order chi connectivity index (χ1) is 9.15. The van der Waals surface area contributed by atoms with Gasteiger partial charge in [0.25, 0.3) is 5.91 Å². The molecule has 0 aliphatic carbocycles. The zero-order chi connectivity index (χ0) is 13.7. The molecule has 0 radical (unpaired) electrons. The number of nitrogens with one attached hydrogen (secondary N) is 1. The van der Waals surface area contributed by atoms with E-state index in [1.807, 2.05) is 67.6 Å². The summed E-state index contributed by atoms with van der Waals surface area (Å²) in [5.41, 5.74) is 2.52. The van der Waals surface area contributed by atoms with Crippen LogP contribution in [0.1, 0.15) is 12.5 Å². The standard InChI is InChI=1S/C16H14INO/c1-12(11-13-5-3-2-4-6-13)16(19)18-15-9-7-14(17)8-10-15/h2-11H,1H3,(H,18,19)/b12-11+. The van der Waals surface area contributed by atoms with Crippen LogP contribution in [0.4, 0.5) is 5.69 Å². The predicted octanol–water partition coefficient (Wildman–Crippen LogP) is 4.33. The Kier molecular flexibility index (Phi) is 4.74. The van der Waals surface area contributed by atoms with Crippen molar-refractivity contribution in [2.24, 2.45) is 0 Å². The highest BCUT2D eigenvalue weighted by Gasteiger charge is 2.04. The van der Waals surface area contributed by atoms with Crippen molar-refractivity contribution in [1.29, 1.82) is 0 Å². The van der Waals surface area contributed by atoms with Crippen molar-refractivity contribution in [1.82, 2.24) is 0 Å². The second-order valence-corrected chi connectivity index (χ2v) is 5.44. The minimum absolute atomic E-state index is 0.0786. The molecule has 2 nitrogen and oxygen atoms in total. The maximum Gasteiger partial charge on any atom is 0.251 e. The molecule has 0 aliphatic heterocycles. The molecule has 0 heterocycles. The van der Waals surface area contributed by atoms with Crippen LogP contribution in [0.2, 0.25) is 0 Å². The van der Waals surface area contributed by atoms with Gasteiger partial charge in [-0.2, -0.15) is 0 Å². The van der Waals surface area contributed by atoms with E-state index >= 15 is 0 Å². The van der Waals surface area contributed by atoms with E-state index in [-0.39, 0.29) is 5.91 Å². The second kappa shape index (κ2) is 6.52. The summed E-state index contributed by atoms with van der Waals surface area (Å²) in [6, 6.07) is 17.5. The largest absolute Gasteiger partial charge is 0.322 e. The Morgan fingerprint density at radius 2 is 1.68 bits per heavy atom. The van der Waals surface area contributed by atoms with Gasteiger partial charge in [-0.3, -0.25) is 4.79 Å². The van der Waals surface area contributed by atoms with Crippen LogP contribution in [0.15, 0.2) is 60.2 Å². The number of amides is 1. The van der Waals surface area contributed by atoms with Gasteiger partial charge in [0.2, 0.25) is 0 Å². The number of hydrogen-bond donors (Lipinski definition) is 1. The van der Waals surface area contributed by atoms with E-state index in [4.69, 9.17) is 0 Å². The molecule has 3 heteroatoms. The van der Waals surface area contributed by atoms with Crippen LogP contribution in [-0.2, 0) is 4.79 Å². The normalized spacial score (nSPS) is 11.2. The summed E-state index contributed by atoms with van der Waals surface area (Å²) in [6.07, 6.45) is 1.88. The van der Waals surface area contributed by atoms with Crippen molar-refractivity contribution in [2.75, 3.05) is 5.32 Å². The molecule has 19 heavy (non-hydrogen) atoms. The molecular weight excluding hydrogens is 349 g/mol. The average Bonchev–Trinajstić information content (AvgIpc) is 2.42. The smallest absolute Gasteiger partial charge is 0.251 e. The third-order valence-electron chi connectivity index (χ3n) is 2.64. The van der Waals surface area contributed by atoms with Crippen LogP contribution < -0.4 is 5.32 Å². The van der Waals surface area contributed by atoms with Crippen molar-refractivity contribution in [3.63, 3.8) is 0 Å². The van der Waals surface area contributed by atoms with E-state index in [9.17, 15) is 4.79 Å². The van der Waals surface area contributed by atoms with Gasteiger partial charge in [0.05, 0.1) is 0 Å². The van der Waals surface area contributed by atoms with Gasteiger partial charge in [-0.25, -0.2) is 0 Å². The molecule has 2 aromatic carbocycles. The fraction of sp³-hybridized carbons (Fsp3) is 0.0625. The molecule has 2 aromatic rings. The minimum Gasteiger partial charge on any atom is -0.322 e. The van der Waals surface area contributed by atoms with Crippen molar-refractivity contribution in [3.8, 4) is 0 Å². The molecule has 1 N–H and O–H groups in total. The van der Waals surface area contributed by atoms with Gasteiger partial charge in [-0.05, 0) is 65.4 Å². The highest BCUT2D eigenvalue weighted by atomic mass is 127. The van der Waals surface area contributed by atoms with Gasteiger partial charge < -0.3 is 5.32 Å². The van der Waals surface area contributed by atoms with Gasteiger partial charge in [-0.1, -0.05) is 30.3 Å². The van der Waals surface area contributed by atoms with Crippen LogP contribution in [0, 0.1) is 3.57 Å². The Bertz CT molecular complexity index is 588. The number of benzene rings is 2. The molecule has 96 valence electrons. The molecule has 0 bridgehead atoms. The zero-order valence-corrected chi connectivity index (χ0v) is 12.7. The molecule has 0 atom stereocenters. The molecule has 0 fully saturated rings. The summed E-state index contributed by atoms with van der Waals surface area (Å²) < 4.78 is 1.15. The number of rotatable bonds is 3. The summed E-state index contributed by atoms with van der Waals surface area (Å²) in [5.74, 6) is -0.0786. The first-order valence-corrected chi connectivity index (χ1v) is 7.03. The van der Waals surface area contributed by atoms with Gasteiger partial charge in [0, 0.05) is 14.8 Å². The van der Waals surface area contributed by atoms with E-state index in [1.54, 1.807) is 0 Å². The Balaban J connectivity index is 2.07. The zero-order valence-electron chi connectivity index (χ0n) is 10.6. The van der Waals surface area contributed by atoms with E-state index < -0.39 is 0 Å². The second-order valence-electron chi connectivity index (χ2n) is 4.20. The maximum absolute atomic E-state index is 12.0. The molecule has 0 aliphatic rings. The van der Waals surface area contributed by atoms with E-state index in [0.29, 0.717) is 5.57 Å². The molecule has 0 saturated carbocycles. The lowest BCUT2D eigenvalue weighted by atomic mass is 10.1. The molecule has 0 saturated heterocycles. The van der Waals surface area contributed by atoms with Gasteiger partial charge in [0.1, 0.15) is 0 Å². The number of halogens is 1. The van der Waals surface area contributed by atoms with Crippen molar-refractivity contribution in [2.45, 2.75) is 6.92 Å². The summed E-state index contributed by atoms with van der Waals surface area (Å²) in [4.78, 5) is 12.0. The summed E-state index contributed by atoms with van der Waals surface area (Å²) in [6.45, 7) is 1.81. The minimum atomic E-state index is -0.0786. The summed E-state index contributed by atoms with van der Waals surface area (Å²) in [7, 11) is 0. The molecule has 0 spiro atoms. The monoisotopic (exact) mass is 363 g/mol. The van der Waals surface area contributed by atoms with Crippen molar-refractivity contribution < 1.29 is 4.79 Å². The summed E-state index contributed by atoms with van der Waals surface area (Å²) in [5, 5.41) is 2.88. The highest BCUT2D eigenvalue weighted by molar-refractivity contribution is 14.1. The predicted molar refractivity (Wildman–Crippen MR) is 87.9 cm³/mol. The Morgan fingerprint density at radius 1 is 1.05 bits per heavy atom. The van der Waals surface area contributed by atoms with Crippen LogP contribution in [-0.4, -0.2) is 5.91 Å². The number of anilines is 1. The lowest BCUT2D eigenvalue weighted by Crippen LogP contribution is -2.12. The third-order valence-corrected chi connectivity index (χ3v) is 3.36. The first kappa shape index (κ1) is 13.8. The van der Waals surface area contributed by atoms with Crippen LogP contribution in [0.25, 0.3) is 6.08 Å². The average molecular weight is 363 g/mol. The fourth-order valence-electron chi connectivity index (χ4n) is 1.63. The fourth-order valence-corrected chi connectivity index (χ4v) is 1.99. The van der Waals surface area contributed by atoms with E-state index in [0.717, 1.165) is 14.8 Å². The number of carbonyl (C=O) groups is 1. The Morgan fingerprint density at radius 3 is 2.32 bits per heavy atom. The van der Waals surface area contributed by atoms with Crippen LogP contribution in [0.5, 0.6) is 0 Å².